The van der Waals surface area contributed by atoms with Gasteiger partial charge in [-0.05, 0) is 6.42 Å². The molecule has 1 aliphatic heterocycles. The van der Waals surface area contributed by atoms with Gasteiger partial charge in [-0.15, -0.1) is 0 Å². The Morgan fingerprint density at radius 3 is 2.74 bits per heavy atom. The molecule has 0 spiro atoms. The molecule has 2 atom stereocenters. The number of thioether (sulfide) groups is 1. The Balaban J connectivity index is 2.37. The Morgan fingerprint density at radius 1 is 1.47 bits per heavy atom. The van der Waals surface area contributed by atoms with E-state index in [1.54, 1.807) is 11.8 Å². The molecule has 2 amide bonds. The van der Waals surface area contributed by atoms with Crippen LogP contribution < -0.4 is 16.4 Å². The van der Waals surface area contributed by atoms with Gasteiger partial charge in [0.15, 0.2) is 0 Å². The molecule has 1 rings (SSSR count). The van der Waals surface area contributed by atoms with E-state index in [-0.39, 0.29) is 31.2 Å². The van der Waals surface area contributed by atoms with Crippen molar-refractivity contribution in [2.45, 2.75) is 31.3 Å². The SMILES string of the molecule is NC(=O)CC[C@@H](NC(=O)CC1CSCCN1)C(=O)O. The van der Waals surface area contributed by atoms with Crippen LogP contribution in [0.1, 0.15) is 19.3 Å². The number of hydrogen-bond acceptors (Lipinski definition) is 5. The van der Waals surface area contributed by atoms with Crippen LogP contribution in [0.2, 0.25) is 0 Å². The fraction of sp³-hybridized carbons (Fsp3) is 0.727. The molecule has 1 aliphatic rings. The summed E-state index contributed by atoms with van der Waals surface area (Å²) in [5.74, 6) is -0.190. The topological polar surface area (TPSA) is 122 Å². The van der Waals surface area contributed by atoms with Crippen LogP contribution in [0.15, 0.2) is 0 Å². The van der Waals surface area contributed by atoms with Crippen LogP contribution in [0, 0.1) is 0 Å². The highest BCUT2D eigenvalue weighted by atomic mass is 32.2. The van der Waals surface area contributed by atoms with E-state index < -0.39 is 17.9 Å². The number of nitrogens with one attached hydrogen (secondary N) is 2. The molecule has 7 nitrogen and oxygen atoms in total. The molecule has 0 aromatic carbocycles. The van der Waals surface area contributed by atoms with Gasteiger partial charge in [-0.1, -0.05) is 0 Å². The number of hydrogen-bond donors (Lipinski definition) is 4. The fourth-order valence-electron chi connectivity index (χ4n) is 1.77. The zero-order chi connectivity index (χ0) is 14.3. The van der Waals surface area contributed by atoms with Crippen LogP contribution in [0.3, 0.4) is 0 Å². The van der Waals surface area contributed by atoms with Crippen molar-refractivity contribution in [1.82, 2.24) is 10.6 Å². The first-order valence-electron chi connectivity index (χ1n) is 6.10. The number of amides is 2. The maximum absolute atomic E-state index is 11.7. The Kier molecular flexibility index (Phi) is 6.65. The fourth-order valence-corrected chi connectivity index (χ4v) is 2.72. The largest absolute Gasteiger partial charge is 0.480 e. The van der Waals surface area contributed by atoms with Gasteiger partial charge >= 0.3 is 5.97 Å². The Morgan fingerprint density at radius 2 is 2.21 bits per heavy atom. The molecule has 108 valence electrons. The molecule has 1 heterocycles. The summed E-state index contributed by atoms with van der Waals surface area (Å²) < 4.78 is 0. The molecule has 0 radical (unpaired) electrons. The number of carboxylic acids is 1. The van der Waals surface area contributed by atoms with Crippen LogP contribution in [0.4, 0.5) is 0 Å². The molecule has 0 bridgehead atoms. The van der Waals surface area contributed by atoms with E-state index in [1.165, 1.54) is 0 Å². The van der Waals surface area contributed by atoms with E-state index in [2.05, 4.69) is 10.6 Å². The summed E-state index contributed by atoms with van der Waals surface area (Å²) in [6.45, 7) is 0.854. The standard InChI is InChI=1S/C11H19N3O4S/c12-9(15)2-1-8(11(17)18)14-10(16)5-7-6-19-4-3-13-7/h7-8,13H,1-6H2,(H2,12,15)(H,14,16)(H,17,18)/t7?,8-/m1/s1. The molecule has 0 aromatic heterocycles. The second-order valence-electron chi connectivity index (χ2n) is 4.39. The molecule has 1 saturated heterocycles. The van der Waals surface area contributed by atoms with Crippen molar-refractivity contribution in [3.05, 3.63) is 0 Å². The highest BCUT2D eigenvalue weighted by Gasteiger charge is 2.23. The smallest absolute Gasteiger partial charge is 0.326 e. The number of nitrogens with two attached hydrogens (primary N) is 1. The van der Waals surface area contributed by atoms with E-state index >= 15 is 0 Å². The minimum absolute atomic E-state index is 0.0171. The van der Waals surface area contributed by atoms with E-state index in [0.29, 0.717) is 0 Å². The molecule has 19 heavy (non-hydrogen) atoms. The first-order valence-corrected chi connectivity index (χ1v) is 7.26. The zero-order valence-corrected chi connectivity index (χ0v) is 11.4. The van der Waals surface area contributed by atoms with Gasteiger partial charge in [0, 0.05) is 36.9 Å². The lowest BCUT2D eigenvalue weighted by Gasteiger charge is -2.23. The average molecular weight is 289 g/mol. The van der Waals surface area contributed by atoms with Gasteiger partial charge in [0.1, 0.15) is 6.04 Å². The van der Waals surface area contributed by atoms with Crippen molar-refractivity contribution < 1.29 is 19.5 Å². The average Bonchev–Trinajstić information content (AvgIpc) is 2.35. The van der Waals surface area contributed by atoms with Crippen molar-refractivity contribution in [2.24, 2.45) is 5.73 Å². The summed E-state index contributed by atoms with van der Waals surface area (Å²) >= 11 is 1.76. The molecule has 0 aliphatic carbocycles. The minimum Gasteiger partial charge on any atom is -0.480 e. The van der Waals surface area contributed by atoms with E-state index in [4.69, 9.17) is 10.8 Å². The molecular formula is C11H19N3O4S. The predicted molar refractivity (Wildman–Crippen MR) is 71.7 cm³/mol. The molecule has 0 saturated carbocycles. The van der Waals surface area contributed by atoms with Gasteiger partial charge in [0.05, 0.1) is 0 Å². The van der Waals surface area contributed by atoms with Crippen molar-refractivity contribution in [1.29, 1.82) is 0 Å². The third kappa shape index (κ3) is 6.44. The lowest BCUT2D eigenvalue weighted by Crippen LogP contribution is -2.46. The summed E-state index contributed by atoms with van der Waals surface area (Å²) in [5.41, 5.74) is 4.96. The third-order valence-corrected chi connectivity index (χ3v) is 3.87. The molecule has 1 unspecified atom stereocenters. The van der Waals surface area contributed by atoms with Gasteiger partial charge in [0.2, 0.25) is 11.8 Å². The van der Waals surface area contributed by atoms with Gasteiger partial charge in [-0.2, -0.15) is 11.8 Å². The quantitative estimate of drug-likeness (QED) is 0.473. The molecule has 0 aromatic rings. The van der Waals surface area contributed by atoms with Crippen molar-refractivity contribution >= 4 is 29.5 Å². The Labute approximate surface area is 115 Å². The summed E-state index contributed by atoms with van der Waals surface area (Å²) in [7, 11) is 0. The third-order valence-electron chi connectivity index (χ3n) is 2.74. The van der Waals surface area contributed by atoms with Gasteiger partial charge in [-0.3, -0.25) is 9.59 Å². The van der Waals surface area contributed by atoms with E-state index in [0.717, 1.165) is 18.1 Å². The van der Waals surface area contributed by atoms with Crippen LogP contribution >= 0.6 is 11.8 Å². The summed E-state index contributed by atoms with van der Waals surface area (Å²) in [6.07, 6.45) is 0.200. The zero-order valence-electron chi connectivity index (χ0n) is 10.6. The molecular weight excluding hydrogens is 270 g/mol. The van der Waals surface area contributed by atoms with E-state index in [9.17, 15) is 14.4 Å². The van der Waals surface area contributed by atoms with Crippen molar-refractivity contribution in [3.8, 4) is 0 Å². The Hall–Kier alpha value is -1.28. The number of carbonyl (C=O) groups is 3. The van der Waals surface area contributed by atoms with Gasteiger partial charge in [-0.25, -0.2) is 4.79 Å². The normalized spacial score (nSPS) is 20.5. The molecule has 8 heteroatoms. The van der Waals surface area contributed by atoms with Gasteiger partial charge in [0.25, 0.3) is 0 Å². The van der Waals surface area contributed by atoms with E-state index in [1.807, 2.05) is 0 Å². The van der Waals surface area contributed by atoms with Crippen molar-refractivity contribution in [2.75, 3.05) is 18.1 Å². The summed E-state index contributed by atoms with van der Waals surface area (Å²) in [5, 5.41) is 14.6. The van der Waals surface area contributed by atoms with Crippen LogP contribution in [0.5, 0.6) is 0 Å². The second kappa shape index (κ2) is 8.00. The molecule has 5 N–H and O–H groups in total. The lowest BCUT2D eigenvalue weighted by atomic mass is 10.1. The number of rotatable bonds is 7. The lowest BCUT2D eigenvalue weighted by molar-refractivity contribution is -0.142. The monoisotopic (exact) mass is 289 g/mol. The highest BCUT2D eigenvalue weighted by molar-refractivity contribution is 7.99. The Bertz CT molecular complexity index is 345. The minimum atomic E-state index is -1.15. The maximum atomic E-state index is 11.7. The highest BCUT2D eigenvalue weighted by Crippen LogP contribution is 2.10. The predicted octanol–water partition coefficient (Wildman–Crippen LogP) is -1.08. The number of aliphatic carboxylic acids is 1. The first-order chi connectivity index (χ1) is 8.99. The second-order valence-corrected chi connectivity index (χ2v) is 5.54. The number of carboxylic acid groups (broad SMARTS) is 1. The number of carbonyl (C=O) groups excluding carboxylic acids is 2. The molecule has 1 fully saturated rings. The first kappa shape index (κ1) is 15.8. The van der Waals surface area contributed by atoms with Crippen molar-refractivity contribution in [3.63, 3.8) is 0 Å². The van der Waals surface area contributed by atoms with Gasteiger partial charge < -0.3 is 21.5 Å². The van der Waals surface area contributed by atoms with Crippen LogP contribution in [-0.2, 0) is 14.4 Å². The number of primary amides is 1. The summed E-state index contributed by atoms with van der Waals surface area (Å²) in [6, 6.07) is -0.986. The summed E-state index contributed by atoms with van der Waals surface area (Å²) in [4.78, 5) is 33.3. The van der Waals surface area contributed by atoms with Crippen LogP contribution in [-0.4, -0.2) is 53.0 Å². The maximum Gasteiger partial charge on any atom is 0.326 e. The van der Waals surface area contributed by atoms with Crippen LogP contribution in [0.25, 0.3) is 0 Å².